The van der Waals surface area contributed by atoms with E-state index in [9.17, 15) is 9.18 Å². The summed E-state index contributed by atoms with van der Waals surface area (Å²) >= 11 is 0. The van der Waals surface area contributed by atoms with Crippen molar-refractivity contribution in [3.05, 3.63) is 64.5 Å². The third-order valence-electron chi connectivity index (χ3n) is 4.82. The summed E-state index contributed by atoms with van der Waals surface area (Å²) in [6.45, 7) is 5.94. The third-order valence-corrected chi connectivity index (χ3v) is 4.82. The highest BCUT2D eigenvalue weighted by Gasteiger charge is 2.29. The van der Waals surface area contributed by atoms with E-state index in [-0.39, 0.29) is 23.6 Å². The highest BCUT2D eigenvalue weighted by molar-refractivity contribution is 5.78. The summed E-state index contributed by atoms with van der Waals surface area (Å²) in [5.41, 5.74) is 3.69. The molecule has 0 fully saturated rings. The molecule has 24 heavy (non-hydrogen) atoms. The second-order valence-electron chi connectivity index (χ2n) is 6.70. The molecule has 0 radical (unpaired) electrons. The number of benzene rings is 2. The molecular weight excluding hydrogens is 303 g/mol. The van der Waals surface area contributed by atoms with Crippen molar-refractivity contribution in [2.75, 3.05) is 0 Å². The van der Waals surface area contributed by atoms with Gasteiger partial charge in [0.05, 0.1) is 5.92 Å². The van der Waals surface area contributed by atoms with Crippen LogP contribution in [0, 0.1) is 11.7 Å². The number of carbonyl (C=O) groups excluding carboxylic acids is 1. The molecule has 0 amide bonds. The smallest absolute Gasteiger partial charge is 0.314 e. The number of fused-ring (bicyclic) bond motifs is 1. The second-order valence-corrected chi connectivity index (χ2v) is 6.70. The van der Waals surface area contributed by atoms with Gasteiger partial charge in [0.15, 0.2) is 11.6 Å². The first-order chi connectivity index (χ1) is 11.5. The number of halogens is 1. The molecular formula is C21H23FO2. The molecule has 0 saturated carbocycles. The highest BCUT2D eigenvalue weighted by atomic mass is 19.1. The van der Waals surface area contributed by atoms with Gasteiger partial charge in [0.2, 0.25) is 0 Å². The Balaban J connectivity index is 1.92. The largest absolute Gasteiger partial charge is 0.423 e. The summed E-state index contributed by atoms with van der Waals surface area (Å²) in [5, 5.41) is 0. The van der Waals surface area contributed by atoms with Crippen LogP contribution in [0.1, 0.15) is 55.4 Å². The molecule has 2 aromatic rings. The van der Waals surface area contributed by atoms with Crippen molar-refractivity contribution in [3.63, 3.8) is 0 Å². The van der Waals surface area contributed by atoms with Crippen LogP contribution in [0.25, 0.3) is 0 Å². The van der Waals surface area contributed by atoms with Gasteiger partial charge < -0.3 is 4.74 Å². The maximum absolute atomic E-state index is 14.9. The molecule has 0 N–H and O–H groups in total. The SMILES string of the molecule is CCCc1ccc(C(C)c2ccc3c(c2F)OC(=O)C(C)C3)cc1. The second kappa shape index (κ2) is 6.76. The molecule has 126 valence electrons. The Morgan fingerprint density at radius 1 is 1.21 bits per heavy atom. The van der Waals surface area contributed by atoms with Gasteiger partial charge in [0.1, 0.15) is 0 Å². The Bertz CT molecular complexity index is 749. The van der Waals surface area contributed by atoms with Crippen molar-refractivity contribution < 1.29 is 13.9 Å². The van der Waals surface area contributed by atoms with Crippen LogP contribution >= 0.6 is 0 Å². The Kier molecular flexibility index (Phi) is 4.70. The van der Waals surface area contributed by atoms with Crippen LogP contribution < -0.4 is 4.74 Å². The number of hydrogen-bond donors (Lipinski definition) is 0. The minimum Gasteiger partial charge on any atom is -0.423 e. The molecule has 2 unspecified atom stereocenters. The molecule has 0 aromatic heterocycles. The molecule has 1 aliphatic rings. The van der Waals surface area contributed by atoms with Crippen molar-refractivity contribution in [1.29, 1.82) is 0 Å². The van der Waals surface area contributed by atoms with Gasteiger partial charge >= 0.3 is 5.97 Å². The van der Waals surface area contributed by atoms with Crippen LogP contribution in [0.2, 0.25) is 0 Å². The molecule has 0 spiro atoms. The molecule has 3 heteroatoms. The quantitative estimate of drug-likeness (QED) is 0.582. The van der Waals surface area contributed by atoms with Crippen LogP contribution in [-0.2, 0) is 17.6 Å². The average molecular weight is 326 g/mol. The third kappa shape index (κ3) is 3.08. The maximum Gasteiger partial charge on any atom is 0.314 e. The van der Waals surface area contributed by atoms with Crippen molar-refractivity contribution in [2.24, 2.45) is 5.92 Å². The van der Waals surface area contributed by atoms with E-state index < -0.39 is 5.82 Å². The average Bonchev–Trinajstić information content (AvgIpc) is 2.57. The van der Waals surface area contributed by atoms with Crippen LogP contribution in [-0.4, -0.2) is 5.97 Å². The first-order valence-electron chi connectivity index (χ1n) is 8.63. The fourth-order valence-corrected chi connectivity index (χ4v) is 3.27. The number of rotatable bonds is 4. The summed E-state index contributed by atoms with van der Waals surface area (Å²) in [7, 11) is 0. The van der Waals surface area contributed by atoms with Crippen molar-refractivity contribution in [1.82, 2.24) is 0 Å². The highest BCUT2D eigenvalue weighted by Crippen LogP contribution is 2.36. The topological polar surface area (TPSA) is 26.3 Å². The van der Waals surface area contributed by atoms with E-state index in [4.69, 9.17) is 4.74 Å². The maximum atomic E-state index is 14.9. The Hall–Kier alpha value is -2.16. The Morgan fingerprint density at radius 2 is 1.92 bits per heavy atom. The van der Waals surface area contributed by atoms with Gasteiger partial charge in [0, 0.05) is 5.92 Å². The van der Waals surface area contributed by atoms with E-state index in [1.165, 1.54) is 5.56 Å². The first-order valence-corrected chi connectivity index (χ1v) is 8.63. The van der Waals surface area contributed by atoms with Gasteiger partial charge in [-0.15, -0.1) is 0 Å². The standard InChI is InChI=1S/C21H23FO2/c1-4-5-15-6-8-16(9-7-15)14(3)18-11-10-17-12-13(2)21(23)24-20(17)19(18)22/h6-11,13-14H,4-5,12H2,1-3H3. The van der Waals surface area contributed by atoms with E-state index in [1.54, 1.807) is 6.92 Å². The van der Waals surface area contributed by atoms with E-state index in [2.05, 4.69) is 31.2 Å². The first kappa shape index (κ1) is 16.7. The summed E-state index contributed by atoms with van der Waals surface area (Å²) in [6.07, 6.45) is 2.69. The number of ether oxygens (including phenoxy) is 1. The van der Waals surface area contributed by atoms with Gasteiger partial charge in [-0.2, -0.15) is 0 Å². The molecule has 2 nitrogen and oxygen atoms in total. The molecule has 1 aliphatic heterocycles. The summed E-state index contributed by atoms with van der Waals surface area (Å²) in [4.78, 5) is 11.8. The molecule has 0 aliphatic carbocycles. The summed E-state index contributed by atoms with van der Waals surface area (Å²) in [5.74, 6) is -0.951. The summed E-state index contributed by atoms with van der Waals surface area (Å²) in [6, 6.07) is 12.0. The number of hydrogen-bond acceptors (Lipinski definition) is 2. The lowest BCUT2D eigenvalue weighted by Gasteiger charge is -2.23. The monoisotopic (exact) mass is 326 g/mol. The molecule has 2 aromatic carbocycles. The zero-order valence-electron chi connectivity index (χ0n) is 14.4. The van der Waals surface area contributed by atoms with Crippen LogP contribution in [0.15, 0.2) is 36.4 Å². The van der Waals surface area contributed by atoms with Gasteiger partial charge in [-0.3, -0.25) is 4.79 Å². The van der Waals surface area contributed by atoms with Gasteiger partial charge in [-0.1, -0.05) is 63.6 Å². The number of aryl methyl sites for hydroxylation is 1. The molecule has 0 bridgehead atoms. The number of esters is 1. The minimum absolute atomic E-state index is 0.0935. The van der Waals surface area contributed by atoms with Gasteiger partial charge in [-0.05, 0) is 35.1 Å². The number of carbonyl (C=O) groups is 1. The van der Waals surface area contributed by atoms with Crippen LogP contribution in [0.3, 0.4) is 0 Å². The zero-order valence-corrected chi connectivity index (χ0v) is 14.4. The Labute approximate surface area is 142 Å². The fourth-order valence-electron chi connectivity index (χ4n) is 3.27. The van der Waals surface area contributed by atoms with E-state index in [0.717, 1.165) is 24.0 Å². The van der Waals surface area contributed by atoms with E-state index >= 15 is 0 Å². The fraction of sp³-hybridized carbons (Fsp3) is 0.381. The van der Waals surface area contributed by atoms with Crippen LogP contribution in [0.4, 0.5) is 4.39 Å². The lowest BCUT2D eigenvalue weighted by atomic mass is 9.89. The van der Waals surface area contributed by atoms with Crippen LogP contribution in [0.5, 0.6) is 5.75 Å². The van der Waals surface area contributed by atoms with Gasteiger partial charge in [0.25, 0.3) is 0 Å². The van der Waals surface area contributed by atoms with Crippen molar-refractivity contribution in [2.45, 2.75) is 46.0 Å². The predicted octanol–water partition coefficient (Wildman–Crippen LogP) is 5.03. The molecule has 1 heterocycles. The van der Waals surface area contributed by atoms with Crippen molar-refractivity contribution in [3.8, 4) is 5.75 Å². The summed E-state index contributed by atoms with van der Waals surface area (Å²) < 4.78 is 20.2. The minimum atomic E-state index is -0.405. The van der Waals surface area contributed by atoms with Crippen molar-refractivity contribution >= 4 is 5.97 Å². The molecule has 0 saturated heterocycles. The lowest BCUT2D eigenvalue weighted by Crippen LogP contribution is -2.26. The molecule has 2 atom stereocenters. The van der Waals surface area contributed by atoms with E-state index in [1.807, 2.05) is 19.1 Å². The van der Waals surface area contributed by atoms with Gasteiger partial charge in [-0.25, -0.2) is 4.39 Å². The normalized spacial score (nSPS) is 18.0. The predicted molar refractivity (Wildman–Crippen MR) is 92.9 cm³/mol. The molecule has 3 rings (SSSR count). The lowest BCUT2D eigenvalue weighted by molar-refractivity contribution is -0.139. The zero-order chi connectivity index (χ0) is 17.3. The van der Waals surface area contributed by atoms with E-state index in [0.29, 0.717) is 12.0 Å². The Morgan fingerprint density at radius 3 is 2.58 bits per heavy atom.